The second-order valence-corrected chi connectivity index (χ2v) is 7.46. The van der Waals surface area contributed by atoms with Gasteiger partial charge < -0.3 is 5.73 Å². The van der Waals surface area contributed by atoms with Crippen LogP contribution in [0.2, 0.25) is 4.34 Å². The summed E-state index contributed by atoms with van der Waals surface area (Å²) in [6, 6.07) is 15.7. The van der Waals surface area contributed by atoms with Crippen LogP contribution < -0.4 is 17.0 Å². The average Bonchev–Trinajstić information content (AvgIpc) is 3.04. The first-order chi connectivity index (χ1) is 12.5. The van der Waals surface area contributed by atoms with Crippen molar-refractivity contribution in [3.8, 4) is 5.69 Å². The summed E-state index contributed by atoms with van der Waals surface area (Å²) >= 11 is 7.30. The van der Waals surface area contributed by atoms with Crippen molar-refractivity contribution >= 4 is 39.8 Å². The van der Waals surface area contributed by atoms with Gasteiger partial charge in [0.05, 0.1) is 22.0 Å². The number of para-hydroxylation sites is 1. The van der Waals surface area contributed by atoms with Gasteiger partial charge in [-0.1, -0.05) is 29.8 Å². The van der Waals surface area contributed by atoms with Crippen LogP contribution >= 0.6 is 22.9 Å². The Morgan fingerprint density at radius 1 is 1.04 bits per heavy atom. The van der Waals surface area contributed by atoms with Crippen molar-refractivity contribution in [2.75, 3.05) is 5.73 Å². The number of anilines is 1. The van der Waals surface area contributed by atoms with E-state index >= 15 is 0 Å². The minimum atomic E-state index is -0.476. The third kappa shape index (κ3) is 2.81. The lowest BCUT2D eigenvalue weighted by molar-refractivity contribution is 0.689. The van der Waals surface area contributed by atoms with Crippen LogP contribution in [-0.2, 0) is 6.54 Å². The topological polar surface area (TPSA) is 82.9 Å². The number of nitrogens with two attached hydrogens (primary N) is 1. The molecule has 8 heteroatoms. The second kappa shape index (κ2) is 6.44. The fourth-order valence-corrected chi connectivity index (χ4v) is 3.86. The van der Waals surface area contributed by atoms with E-state index in [0.717, 1.165) is 4.88 Å². The largest absolute Gasteiger partial charge is 0.384 e. The highest BCUT2D eigenvalue weighted by Crippen LogP contribution is 2.22. The third-order valence-electron chi connectivity index (χ3n) is 3.96. The van der Waals surface area contributed by atoms with Gasteiger partial charge in [-0.2, -0.15) is 0 Å². The average molecular weight is 385 g/mol. The Balaban J connectivity index is 2.06. The number of thiophene rings is 1. The van der Waals surface area contributed by atoms with Crippen molar-refractivity contribution in [1.29, 1.82) is 0 Å². The number of fused-ring (bicyclic) bond motifs is 1. The Labute approximate surface area is 156 Å². The third-order valence-corrected chi connectivity index (χ3v) is 5.18. The molecule has 0 unspecified atom stereocenters. The predicted octanol–water partition coefficient (Wildman–Crippen LogP) is 2.89. The van der Waals surface area contributed by atoms with Gasteiger partial charge in [-0.15, -0.1) is 11.3 Å². The van der Waals surface area contributed by atoms with Crippen molar-refractivity contribution in [2.45, 2.75) is 6.54 Å². The molecule has 0 aliphatic heterocycles. The van der Waals surface area contributed by atoms with E-state index in [1.165, 1.54) is 20.5 Å². The standard InChI is InChI=1S/C18H13ClN4O2S/c19-14-8-6-12(26-14)10-22-17(24)13-7-9-15(20)21-16(13)23(18(22)25)11-4-2-1-3-5-11/h1-9H,10H2,(H2,20,21). The second-order valence-electron chi connectivity index (χ2n) is 5.66. The van der Waals surface area contributed by atoms with Crippen LogP contribution in [0.3, 0.4) is 0 Å². The lowest BCUT2D eigenvalue weighted by Crippen LogP contribution is -2.40. The molecule has 0 bridgehead atoms. The van der Waals surface area contributed by atoms with Crippen LogP contribution in [0.5, 0.6) is 0 Å². The molecule has 1 aromatic carbocycles. The van der Waals surface area contributed by atoms with Crippen molar-refractivity contribution in [1.82, 2.24) is 14.1 Å². The van der Waals surface area contributed by atoms with E-state index in [-0.39, 0.29) is 18.0 Å². The number of aromatic nitrogens is 3. The Hall–Kier alpha value is -2.90. The lowest BCUT2D eigenvalue weighted by atomic mass is 10.2. The Bertz CT molecular complexity index is 1230. The van der Waals surface area contributed by atoms with E-state index in [2.05, 4.69) is 4.98 Å². The van der Waals surface area contributed by atoms with E-state index in [9.17, 15) is 9.59 Å². The maximum Gasteiger partial charge on any atom is 0.337 e. The molecule has 0 atom stereocenters. The first-order valence-electron chi connectivity index (χ1n) is 7.76. The van der Waals surface area contributed by atoms with Gasteiger partial charge in [-0.05, 0) is 36.4 Å². The maximum atomic E-state index is 13.1. The summed E-state index contributed by atoms with van der Waals surface area (Å²) in [5, 5.41) is 0.324. The van der Waals surface area contributed by atoms with Crippen LogP contribution in [0.15, 0.2) is 64.2 Å². The number of hydrogen-bond donors (Lipinski definition) is 1. The number of halogens is 1. The van der Waals surface area contributed by atoms with Gasteiger partial charge >= 0.3 is 5.69 Å². The molecule has 130 valence electrons. The molecule has 3 aromatic heterocycles. The molecule has 4 rings (SSSR count). The lowest BCUT2D eigenvalue weighted by Gasteiger charge is -2.13. The van der Waals surface area contributed by atoms with E-state index in [4.69, 9.17) is 17.3 Å². The molecule has 0 amide bonds. The Morgan fingerprint density at radius 2 is 1.81 bits per heavy atom. The van der Waals surface area contributed by atoms with Gasteiger partial charge in [0.2, 0.25) is 0 Å². The van der Waals surface area contributed by atoms with Crippen LogP contribution in [-0.4, -0.2) is 14.1 Å². The smallest absolute Gasteiger partial charge is 0.337 e. The molecule has 0 aliphatic rings. The first kappa shape index (κ1) is 16.6. The summed E-state index contributed by atoms with van der Waals surface area (Å²) in [6.45, 7) is 0.141. The fourth-order valence-electron chi connectivity index (χ4n) is 2.79. The minimum absolute atomic E-state index is 0.141. The summed E-state index contributed by atoms with van der Waals surface area (Å²) in [7, 11) is 0. The van der Waals surface area contributed by atoms with Crippen LogP contribution in [0.25, 0.3) is 16.7 Å². The van der Waals surface area contributed by atoms with Gasteiger partial charge in [-0.25, -0.2) is 14.3 Å². The number of nitrogens with zero attached hydrogens (tertiary/aromatic N) is 3. The highest BCUT2D eigenvalue weighted by molar-refractivity contribution is 7.16. The van der Waals surface area contributed by atoms with E-state index in [1.807, 2.05) is 18.2 Å². The number of hydrogen-bond acceptors (Lipinski definition) is 5. The van der Waals surface area contributed by atoms with Crippen LogP contribution in [0.1, 0.15) is 4.88 Å². The Morgan fingerprint density at radius 3 is 2.50 bits per heavy atom. The zero-order chi connectivity index (χ0) is 18.3. The van der Waals surface area contributed by atoms with E-state index in [0.29, 0.717) is 15.4 Å². The van der Waals surface area contributed by atoms with Crippen molar-refractivity contribution in [3.63, 3.8) is 0 Å². The van der Waals surface area contributed by atoms with Crippen LogP contribution in [0.4, 0.5) is 5.82 Å². The fraction of sp³-hybridized carbons (Fsp3) is 0.0556. The molecule has 2 N–H and O–H groups in total. The summed E-state index contributed by atoms with van der Waals surface area (Å²) < 4.78 is 3.20. The van der Waals surface area contributed by atoms with Gasteiger partial charge in [0, 0.05) is 4.88 Å². The highest BCUT2D eigenvalue weighted by atomic mass is 35.5. The molecule has 0 spiro atoms. The molecule has 0 aliphatic carbocycles. The maximum absolute atomic E-state index is 13.1. The number of benzene rings is 1. The summed E-state index contributed by atoms with van der Waals surface area (Å²) in [6.07, 6.45) is 0. The molecule has 3 heterocycles. The van der Waals surface area contributed by atoms with Crippen LogP contribution in [0, 0.1) is 0 Å². The van der Waals surface area contributed by atoms with Gasteiger partial charge in [0.1, 0.15) is 5.82 Å². The molecule has 0 fully saturated rings. The summed E-state index contributed by atoms with van der Waals surface area (Å²) in [5.41, 5.74) is 5.76. The predicted molar refractivity (Wildman–Crippen MR) is 104 cm³/mol. The molecule has 0 radical (unpaired) electrons. The molecular formula is C18H13ClN4O2S. The normalized spacial score (nSPS) is 11.1. The van der Waals surface area contributed by atoms with Gasteiger partial charge in [-0.3, -0.25) is 9.36 Å². The number of nitrogen functional groups attached to an aromatic ring is 1. The number of pyridine rings is 1. The highest BCUT2D eigenvalue weighted by Gasteiger charge is 2.16. The summed E-state index contributed by atoms with van der Waals surface area (Å²) in [5.74, 6) is 0.240. The van der Waals surface area contributed by atoms with Crippen molar-refractivity contribution in [2.24, 2.45) is 0 Å². The van der Waals surface area contributed by atoms with Gasteiger partial charge in [0.25, 0.3) is 5.56 Å². The molecule has 4 aromatic rings. The molecular weight excluding hydrogens is 372 g/mol. The number of rotatable bonds is 3. The zero-order valence-corrected chi connectivity index (χ0v) is 15.0. The van der Waals surface area contributed by atoms with E-state index in [1.54, 1.807) is 36.4 Å². The molecule has 6 nitrogen and oxygen atoms in total. The first-order valence-corrected chi connectivity index (χ1v) is 8.96. The summed E-state index contributed by atoms with van der Waals surface area (Å²) in [4.78, 5) is 31.1. The van der Waals surface area contributed by atoms with Gasteiger partial charge in [0.15, 0.2) is 5.65 Å². The van der Waals surface area contributed by atoms with Crippen molar-refractivity contribution in [3.05, 3.63) is 84.6 Å². The molecule has 0 saturated heterocycles. The minimum Gasteiger partial charge on any atom is -0.384 e. The van der Waals surface area contributed by atoms with E-state index < -0.39 is 11.2 Å². The molecule has 0 saturated carbocycles. The quantitative estimate of drug-likeness (QED) is 0.588. The van der Waals surface area contributed by atoms with Crippen molar-refractivity contribution < 1.29 is 0 Å². The zero-order valence-electron chi connectivity index (χ0n) is 13.4. The molecule has 26 heavy (non-hydrogen) atoms. The SMILES string of the molecule is Nc1ccc2c(=O)n(Cc3ccc(Cl)s3)c(=O)n(-c3ccccc3)c2n1. The Kier molecular flexibility index (Phi) is 4.10. The monoisotopic (exact) mass is 384 g/mol.